The van der Waals surface area contributed by atoms with Gasteiger partial charge in [-0.1, -0.05) is 36.2 Å². The van der Waals surface area contributed by atoms with Gasteiger partial charge in [0.25, 0.3) is 0 Å². The summed E-state index contributed by atoms with van der Waals surface area (Å²) in [6.45, 7) is 3.25. The molecule has 0 aliphatic carbocycles. The largest absolute Gasteiger partial charge is 0.354 e. The molecule has 8 nitrogen and oxygen atoms in total. The number of halogens is 3. The van der Waals surface area contributed by atoms with Crippen molar-refractivity contribution in [2.75, 3.05) is 31.5 Å². The fourth-order valence-electron chi connectivity index (χ4n) is 3.14. The number of benzene rings is 2. The Hall–Kier alpha value is -2.40. The molecule has 1 atom stereocenters. The summed E-state index contributed by atoms with van der Waals surface area (Å²) in [6.07, 6.45) is 0.707. The van der Waals surface area contributed by atoms with Crippen molar-refractivity contribution in [2.45, 2.75) is 32.9 Å². The number of carbonyl (C=O) groups is 2. The van der Waals surface area contributed by atoms with Gasteiger partial charge in [0, 0.05) is 27.2 Å². The fraction of sp³-hybridized carbons (Fsp3) is 0.391. The Bertz CT molecular complexity index is 1150. The maximum Gasteiger partial charge on any atom is 0.304 e. The van der Waals surface area contributed by atoms with Crippen molar-refractivity contribution < 1.29 is 22.4 Å². The number of hydrogen-bond donors (Lipinski definition) is 1. The van der Waals surface area contributed by atoms with Gasteiger partial charge in [0.05, 0.1) is 15.7 Å². The van der Waals surface area contributed by atoms with Crippen LogP contribution in [-0.4, -0.2) is 62.7 Å². The number of hydrogen-bond acceptors (Lipinski definition) is 4. The smallest absolute Gasteiger partial charge is 0.304 e. The van der Waals surface area contributed by atoms with Crippen LogP contribution in [0.5, 0.6) is 0 Å². The summed E-state index contributed by atoms with van der Waals surface area (Å²) >= 11 is 12.1. The molecule has 192 valence electrons. The van der Waals surface area contributed by atoms with Gasteiger partial charge < -0.3 is 10.2 Å². The number of anilines is 1. The minimum Gasteiger partial charge on any atom is -0.354 e. The van der Waals surface area contributed by atoms with E-state index in [9.17, 15) is 22.4 Å². The quantitative estimate of drug-likeness (QED) is 0.465. The van der Waals surface area contributed by atoms with Crippen molar-refractivity contribution in [1.29, 1.82) is 0 Å². The standard InChI is InChI=1S/C23H29Cl2FN4O4S/c1-5-12-27-23(32)16(2)29(14-17-6-11-20(24)21(25)13-17)22(31)15-30(35(33,34)28(3)4)19-9-7-18(26)8-10-19/h6-11,13,16H,5,12,14-15H2,1-4H3,(H,27,32)/t16-/m1/s1. The van der Waals surface area contributed by atoms with E-state index < -0.39 is 34.5 Å². The third-order valence-corrected chi connectivity index (χ3v) is 7.75. The Labute approximate surface area is 215 Å². The molecule has 2 rings (SSSR count). The average Bonchev–Trinajstić information content (AvgIpc) is 2.81. The minimum absolute atomic E-state index is 0.0182. The number of carbonyl (C=O) groups excluding carboxylic acids is 2. The molecule has 0 aliphatic heterocycles. The Balaban J connectivity index is 2.45. The first-order chi connectivity index (χ1) is 16.4. The molecule has 2 aromatic carbocycles. The minimum atomic E-state index is -4.12. The molecule has 0 saturated heterocycles. The first-order valence-corrected chi connectivity index (χ1v) is 13.0. The van der Waals surface area contributed by atoms with E-state index in [0.29, 0.717) is 23.6 Å². The van der Waals surface area contributed by atoms with Crippen LogP contribution in [0.1, 0.15) is 25.8 Å². The molecular weight excluding hydrogens is 518 g/mol. The second-order valence-corrected chi connectivity index (χ2v) is 10.9. The molecule has 0 heterocycles. The van der Waals surface area contributed by atoms with Crippen LogP contribution >= 0.6 is 23.2 Å². The second kappa shape index (κ2) is 12.5. The van der Waals surface area contributed by atoms with E-state index in [1.54, 1.807) is 25.1 Å². The zero-order chi connectivity index (χ0) is 26.3. The highest BCUT2D eigenvalue weighted by atomic mass is 35.5. The van der Waals surface area contributed by atoms with Gasteiger partial charge in [0.2, 0.25) is 11.8 Å². The summed E-state index contributed by atoms with van der Waals surface area (Å²) in [7, 11) is -1.47. The number of nitrogens with zero attached hydrogens (tertiary/aromatic N) is 3. The predicted octanol–water partition coefficient (Wildman–Crippen LogP) is 3.69. The topological polar surface area (TPSA) is 90.0 Å². The maximum absolute atomic E-state index is 13.5. The molecule has 0 saturated carbocycles. The van der Waals surface area contributed by atoms with Gasteiger partial charge in [-0.2, -0.15) is 12.7 Å². The average molecular weight is 547 g/mol. The lowest BCUT2D eigenvalue weighted by Gasteiger charge is -2.32. The summed E-state index contributed by atoms with van der Waals surface area (Å²) in [4.78, 5) is 27.5. The molecule has 0 fully saturated rings. The Morgan fingerprint density at radius 2 is 1.69 bits per heavy atom. The summed E-state index contributed by atoms with van der Waals surface area (Å²) in [5.41, 5.74) is 0.706. The van der Waals surface area contributed by atoms with Crippen LogP contribution in [0.3, 0.4) is 0 Å². The third kappa shape index (κ3) is 7.54. The lowest BCUT2D eigenvalue weighted by Crippen LogP contribution is -2.52. The normalized spacial score (nSPS) is 12.3. The van der Waals surface area contributed by atoms with Crippen LogP contribution in [0.25, 0.3) is 0 Å². The van der Waals surface area contributed by atoms with Gasteiger partial charge in [-0.15, -0.1) is 0 Å². The van der Waals surface area contributed by atoms with Crippen molar-refractivity contribution >= 4 is 50.9 Å². The highest BCUT2D eigenvalue weighted by Crippen LogP contribution is 2.25. The molecule has 35 heavy (non-hydrogen) atoms. The first kappa shape index (κ1) is 28.8. The Kier molecular flexibility index (Phi) is 10.3. The van der Waals surface area contributed by atoms with E-state index in [4.69, 9.17) is 23.2 Å². The van der Waals surface area contributed by atoms with Crippen LogP contribution in [0.15, 0.2) is 42.5 Å². The van der Waals surface area contributed by atoms with Gasteiger partial charge >= 0.3 is 10.2 Å². The van der Waals surface area contributed by atoms with Crippen LogP contribution in [0.4, 0.5) is 10.1 Å². The molecule has 0 bridgehead atoms. The summed E-state index contributed by atoms with van der Waals surface area (Å²) < 4.78 is 41.4. The molecular formula is C23H29Cl2FN4O4S. The zero-order valence-electron chi connectivity index (χ0n) is 20.0. The van der Waals surface area contributed by atoms with E-state index in [1.807, 2.05) is 6.92 Å². The van der Waals surface area contributed by atoms with Gasteiger partial charge in [-0.3, -0.25) is 9.59 Å². The molecule has 0 unspecified atom stereocenters. The molecule has 2 amide bonds. The molecule has 0 aromatic heterocycles. The monoisotopic (exact) mass is 546 g/mol. The van der Waals surface area contributed by atoms with Crippen LogP contribution in [0, 0.1) is 5.82 Å². The van der Waals surface area contributed by atoms with Crippen molar-refractivity contribution in [3.8, 4) is 0 Å². The third-order valence-electron chi connectivity index (χ3n) is 5.19. The molecule has 0 aliphatic rings. The van der Waals surface area contributed by atoms with Crippen LogP contribution in [-0.2, 0) is 26.3 Å². The Morgan fingerprint density at radius 1 is 1.06 bits per heavy atom. The van der Waals surface area contributed by atoms with Crippen LogP contribution in [0.2, 0.25) is 10.0 Å². The van der Waals surface area contributed by atoms with Gasteiger partial charge in [0.15, 0.2) is 0 Å². The lowest BCUT2D eigenvalue weighted by molar-refractivity contribution is -0.139. The van der Waals surface area contributed by atoms with E-state index >= 15 is 0 Å². The highest BCUT2D eigenvalue weighted by molar-refractivity contribution is 7.90. The van der Waals surface area contributed by atoms with E-state index in [-0.39, 0.29) is 23.2 Å². The van der Waals surface area contributed by atoms with Crippen molar-refractivity contribution in [2.24, 2.45) is 0 Å². The van der Waals surface area contributed by atoms with Crippen molar-refractivity contribution in [1.82, 2.24) is 14.5 Å². The summed E-state index contributed by atoms with van der Waals surface area (Å²) in [5.74, 6) is -1.57. The van der Waals surface area contributed by atoms with E-state index in [0.717, 1.165) is 20.7 Å². The predicted molar refractivity (Wildman–Crippen MR) is 136 cm³/mol. The van der Waals surface area contributed by atoms with E-state index in [1.165, 1.54) is 31.1 Å². The van der Waals surface area contributed by atoms with Gasteiger partial charge in [-0.05, 0) is 55.3 Å². The number of amides is 2. The first-order valence-electron chi connectivity index (χ1n) is 10.8. The number of nitrogens with one attached hydrogen (secondary N) is 1. The molecule has 2 aromatic rings. The fourth-order valence-corrected chi connectivity index (χ4v) is 4.51. The molecule has 12 heteroatoms. The van der Waals surface area contributed by atoms with Crippen LogP contribution < -0.4 is 9.62 Å². The number of rotatable bonds is 11. The second-order valence-electron chi connectivity index (χ2n) is 8.01. The van der Waals surface area contributed by atoms with Gasteiger partial charge in [-0.25, -0.2) is 8.70 Å². The SMILES string of the molecule is CCCNC(=O)[C@@H](C)N(Cc1ccc(Cl)c(Cl)c1)C(=O)CN(c1ccc(F)cc1)S(=O)(=O)N(C)C. The zero-order valence-corrected chi connectivity index (χ0v) is 22.3. The lowest BCUT2D eigenvalue weighted by atomic mass is 10.1. The van der Waals surface area contributed by atoms with E-state index in [2.05, 4.69) is 5.32 Å². The van der Waals surface area contributed by atoms with Crippen molar-refractivity contribution in [3.63, 3.8) is 0 Å². The van der Waals surface area contributed by atoms with Crippen molar-refractivity contribution in [3.05, 3.63) is 63.9 Å². The summed E-state index contributed by atoms with van der Waals surface area (Å²) in [5, 5.41) is 3.37. The molecule has 1 N–H and O–H groups in total. The molecule has 0 spiro atoms. The molecule has 0 radical (unpaired) electrons. The highest BCUT2D eigenvalue weighted by Gasteiger charge is 2.32. The summed E-state index contributed by atoms with van der Waals surface area (Å²) in [6, 6.07) is 8.65. The maximum atomic E-state index is 13.5. The Morgan fingerprint density at radius 3 is 2.23 bits per heavy atom. The van der Waals surface area contributed by atoms with Gasteiger partial charge in [0.1, 0.15) is 18.4 Å².